The van der Waals surface area contributed by atoms with E-state index in [1.54, 1.807) is 24.3 Å². The molecule has 1 amide bonds. The van der Waals surface area contributed by atoms with Crippen molar-refractivity contribution in [1.82, 2.24) is 30.3 Å². The summed E-state index contributed by atoms with van der Waals surface area (Å²) < 4.78 is 5.26. The number of carbonyl (C=O) groups excluding carboxylic acids is 1. The second-order valence-corrected chi connectivity index (χ2v) is 5.70. The average Bonchev–Trinajstić information content (AvgIpc) is 3.24. The second kappa shape index (κ2) is 6.19. The Kier molecular flexibility index (Phi) is 4.07. The Labute approximate surface area is 137 Å². The van der Waals surface area contributed by atoms with Gasteiger partial charge in [0.1, 0.15) is 6.04 Å². The largest absolute Gasteiger partial charge is 0.366 e. The molecule has 0 aliphatic rings. The van der Waals surface area contributed by atoms with Gasteiger partial charge < -0.3 is 10.3 Å². The molecule has 0 unspecified atom stereocenters. The highest BCUT2D eigenvalue weighted by Gasteiger charge is 2.20. The molecule has 124 valence electrons. The van der Waals surface area contributed by atoms with Crippen LogP contribution in [-0.4, -0.2) is 36.3 Å². The van der Waals surface area contributed by atoms with Crippen LogP contribution in [0.2, 0.25) is 0 Å². The van der Waals surface area contributed by atoms with Gasteiger partial charge in [0.05, 0.1) is 0 Å². The maximum Gasteiger partial charge on any atom is 0.253 e. The van der Waals surface area contributed by atoms with Gasteiger partial charge in [0.15, 0.2) is 5.82 Å². The quantitative estimate of drug-likeness (QED) is 0.753. The van der Waals surface area contributed by atoms with Crippen molar-refractivity contribution >= 4 is 5.91 Å². The average molecular weight is 327 g/mol. The Morgan fingerprint density at radius 3 is 2.50 bits per heavy atom. The number of primary amides is 1. The van der Waals surface area contributed by atoms with E-state index in [-0.39, 0.29) is 12.0 Å². The van der Waals surface area contributed by atoms with Crippen molar-refractivity contribution in [3.8, 4) is 11.4 Å². The lowest BCUT2D eigenvalue weighted by Crippen LogP contribution is -2.11. The van der Waals surface area contributed by atoms with Crippen molar-refractivity contribution in [1.29, 1.82) is 0 Å². The van der Waals surface area contributed by atoms with E-state index in [9.17, 15) is 4.79 Å². The number of nitrogens with two attached hydrogens (primary N) is 1. The number of rotatable bonds is 5. The van der Waals surface area contributed by atoms with E-state index in [4.69, 9.17) is 10.3 Å². The molecule has 0 aliphatic heterocycles. The molecule has 24 heavy (non-hydrogen) atoms. The van der Waals surface area contributed by atoms with Crippen molar-refractivity contribution in [2.45, 2.75) is 32.7 Å². The minimum atomic E-state index is -0.482. The number of nitrogens with zero attached hydrogens (tertiary/aromatic N) is 6. The summed E-state index contributed by atoms with van der Waals surface area (Å²) >= 11 is 0. The van der Waals surface area contributed by atoms with Gasteiger partial charge in [-0.3, -0.25) is 4.79 Å². The molecule has 3 rings (SSSR count). The van der Waals surface area contributed by atoms with E-state index in [2.05, 4.69) is 25.6 Å². The lowest BCUT2D eigenvalue weighted by atomic mass is 10.1. The zero-order chi connectivity index (χ0) is 17.3. The molecule has 1 aromatic carbocycles. The zero-order valence-corrected chi connectivity index (χ0v) is 13.5. The number of tetrazole rings is 1. The molecule has 0 saturated carbocycles. The predicted molar refractivity (Wildman–Crippen MR) is 84.0 cm³/mol. The van der Waals surface area contributed by atoms with Gasteiger partial charge >= 0.3 is 0 Å². The third-order valence-electron chi connectivity index (χ3n) is 3.53. The van der Waals surface area contributed by atoms with Gasteiger partial charge in [0.25, 0.3) is 5.89 Å². The first-order chi connectivity index (χ1) is 11.5. The van der Waals surface area contributed by atoms with E-state index in [1.165, 1.54) is 4.80 Å². The van der Waals surface area contributed by atoms with Gasteiger partial charge in [-0.05, 0) is 24.3 Å². The third-order valence-corrected chi connectivity index (χ3v) is 3.53. The van der Waals surface area contributed by atoms with Crippen LogP contribution in [0.15, 0.2) is 28.8 Å². The zero-order valence-electron chi connectivity index (χ0n) is 13.5. The van der Waals surface area contributed by atoms with Gasteiger partial charge in [-0.15, -0.1) is 10.2 Å². The SMILES string of the molecule is CC(C)c1noc([C@H](C)n2nnc(-c3ccc(C(N)=O)cc3)n2)n1. The van der Waals surface area contributed by atoms with Crippen LogP contribution >= 0.6 is 0 Å². The maximum atomic E-state index is 11.1. The topological polar surface area (TPSA) is 126 Å². The molecule has 0 aliphatic carbocycles. The third kappa shape index (κ3) is 3.00. The normalized spacial score (nSPS) is 12.5. The van der Waals surface area contributed by atoms with Gasteiger partial charge in [0, 0.05) is 17.0 Å². The number of hydrogen-bond acceptors (Lipinski definition) is 7. The first-order valence-corrected chi connectivity index (χ1v) is 7.49. The summed E-state index contributed by atoms with van der Waals surface area (Å²) in [5.74, 6) is 1.19. The van der Waals surface area contributed by atoms with Crippen molar-refractivity contribution in [2.24, 2.45) is 5.73 Å². The first kappa shape index (κ1) is 15.8. The summed E-state index contributed by atoms with van der Waals surface area (Å²) in [7, 11) is 0. The van der Waals surface area contributed by atoms with Gasteiger partial charge in [-0.2, -0.15) is 9.78 Å². The molecule has 0 radical (unpaired) electrons. The lowest BCUT2D eigenvalue weighted by molar-refractivity contribution is 0.100. The van der Waals surface area contributed by atoms with Crippen LogP contribution in [-0.2, 0) is 0 Å². The van der Waals surface area contributed by atoms with Gasteiger partial charge in [-0.1, -0.05) is 31.1 Å². The highest BCUT2D eigenvalue weighted by Crippen LogP contribution is 2.19. The van der Waals surface area contributed by atoms with Crippen LogP contribution in [0, 0.1) is 0 Å². The first-order valence-electron chi connectivity index (χ1n) is 7.49. The number of amides is 1. The summed E-state index contributed by atoms with van der Waals surface area (Å²) in [5.41, 5.74) is 6.38. The van der Waals surface area contributed by atoms with E-state index in [0.29, 0.717) is 23.1 Å². The molecule has 3 aromatic rings. The highest BCUT2D eigenvalue weighted by atomic mass is 16.5. The Morgan fingerprint density at radius 2 is 1.92 bits per heavy atom. The minimum Gasteiger partial charge on any atom is -0.366 e. The van der Waals surface area contributed by atoms with Crippen LogP contribution in [0.3, 0.4) is 0 Å². The van der Waals surface area contributed by atoms with E-state index in [0.717, 1.165) is 5.56 Å². The fraction of sp³-hybridized carbons (Fsp3) is 0.333. The summed E-state index contributed by atoms with van der Waals surface area (Å²) in [6.07, 6.45) is 0. The molecule has 0 saturated heterocycles. The van der Waals surface area contributed by atoms with Crippen molar-refractivity contribution < 1.29 is 9.32 Å². The molecule has 9 heteroatoms. The molecule has 0 fully saturated rings. The monoisotopic (exact) mass is 327 g/mol. The highest BCUT2D eigenvalue weighted by molar-refractivity contribution is 5.93. The Balaban J connectivity index is 1.82. The molecule has 2 N–H and O–H groups in total. The summed E-state index contributed by atoms with van der Waals surface area (Å²) in [5, 5.41) is 16.3. The molecule has 2 heterocycles. The number of aromatic nitrogens is 6. The molecular formula is C15H17N7O2. The molecule has 9 nitrogen and oxygen atoms in total. The molecule has 0 spiro atoms. The smallest absolute Gasteiger partial charge is 0.253 e. The Bertz CT molecular complexity index is 851. The summed E-state index contributed by atoms with van der Waals surface area (Å²) in [4.78, 5) is 16.9. The molecule has 1 atom stereocenters. The van der Waals surface area contributed by atoms with E-state index in [1.807, 2.05) is 20.8 Å². The van der Waals surface area contributed by atoms with Gasteiger partial charge in [0.2, 0.25) is 11.7 Å². The van der Waals surface area contributed by atoms with Gasteiger partial charge in [-0.25, -0.2) is 0 Å². The summed E-state index contributed by atoms with van der Waals surface area (Å²) in [6, 6.07) is 6.34. The second-order valence-electron chi connectivity index (χ2n) is 5.70. The minimum absolute atomic E-state index is 0.178. The molecule has 2 aromatic heterocycles. The van der Waals surface area contributed by atoms with Crippen LogP contribution in [0.5, 0.6) is 0 Å². The molecular weight excluding hydrogens is 310 g/mol. The van der Waals surface area contributed by atoms with Crippen LogP contribution in [0.1, 0.15) is 54.8 Å². The van der Waals surface area contributed by atoms with Crippen LogP contribution < -0.4 is 5.73 Å². The van der Waals surface area contributed by atoms with Crippen molar-refractivity contribution in [2.75, 3.05) is 0 Å². The van der Waals surface area contributed by atoms with E-state index < -0.39 is 5.91 Å². The lowest BCUT2D eigenvalue weighted by Gasteiger charge is -2.03. The predicted octanol–water partition coefficient (Wildman–Crippen LogP) is 1.55. The van der Waals surface area contributed by atoms with Crippen molar-refractivity contribution in [3.63, 3.8) is 0 Å². The maximum absolute atomic E-state index is 11.1. The molecule has 0 bridgehead atoms. The fourth-order valence-electron chi connectivity index (χ4n) is 2.04. The van der Waals surface area contributed by atoms with Crippen LogP contribution in [0.25, 0.3) is 11.4 Å². The number of benzene rings is 1. The van der Waals surface area contributed by atoms with Crippen molar-refractivity contribution in [3.05, 3.63) is 41.5 Å². The Morgan fingerprint density at radius 1 is 1.21 bits per heavy atom. The summed E-state index contributed by atoms with van der Waals surface area (Å²) in [6.45, 7) is 5.82. The van der Waals surface area contributed by atoms with E-state index >= 15 is 0 Å². The number of carbonyl (C=O) groups is 1. The van der Waals surface area contributed by atoms with Crippen LogP contribution in [0.4, 0.5) is 0 Å². The number of hydrogen-bond donors (Lipinski definition) is 1. The Hall–Kier alpha value is -3.10. The fourth-order valence-corrected chi connectivity index (χ4v) is 2.04. The standard InChI is InChI=1S/C15H17N7O2/c1-8(2)13-17-15(24-20-13)9(3)22-19-14(18-21-22)11-6-4-10(5-7-11)12(16)23/h4-9H,1-3H3,(H2,16,23)/t9-/m0/s1.